The molecule has 7 heteroatoms. The van der Waals surface area contributed by atoms with Gasteiger partial charge in [-0.1, -0.05) is 0 Å². The SMILES string of the molecule is COC(=O)C(=O)[C@@H](O)[C@H](O)[C@H](O)CO. The van der Waals surface area contributed by atoms with Crippen LogP contribution in [-0.4, -0.2) is 64.2 Å². The van der Waals surface area contributed by atoms with E-state index in [1.807, 2.05) is 0 Å². The second-order valence-corrected chi connectivity index (χ2v) is 2.54. The third-order valence-electron chi connectivity index (χ3n) is 1.56. The molecular formula is C7H12O7. The minimum absolute atomic E-state index is 0.841. The fraction of sp³-hybridized carbons (Fsp3) is 0.714. The molecule has 82 valence electrons. The molecule has 0 spiro atoms. The smallest absolute Gasteiger partial charge is 0.377 e. The van der Waals surface area contributed by atoms with Crippen LogP contribution in [0.15, 0.2) is 0 Å². The molecule has 0 unspecified atom stereocenters. The van der Waals surface area contributed by atoms with Gasteiger partial charge in [0.1, 0.15) is 12.2 Å². The summed E-state index contributed by atoms with van der Waals surface area (Å²) in [5.41, 5.74) is 0. The van der Waals surface area contributed by atoms with Crippen molar-refractivity contribution in [3.05, 3.63) is 0 Å². The Morgan fingerprint density at radius 1 is 1.29 bits per heavy atom. The highest BCUT2D eigenvalue weighted by molar-refractivity contribution is 6.35. The van der Waals surface area contributed by atoms with Crippen molar-refractivity contribution >= 4 is 11.8 Å². The quantitative estimate of drug-likeness (QED) is 0.277. The molecule has 0 saturated heterocycles. The van der Waals surface area contributed by atoms with Gasteiger partial charge in [0.15, 0.2) is 6.10 Å². The molecule has 0 fully saturated rings. The second-order valence-electron chi connectivity index (χ2n) is 2.54. The maximum absolute atomic E-state index is 10.9. The maximum atomic E-state index is 10.9. The zero-order chi connectivity index (χ0) is 11.3. The molecule has 0 aliphatic heterocycles. The molecule has 14 heavy (non-hydrogen) atoms. The number of Topliss-reactive ketones (excluding diaryl/α,β-unsaturated/α-hetero) is 1. The van der Waals surface area contributed by atoms with Crippen molar-refractivity contribution in [3.63, 3.8) is 0 Å². The normalized spacial score (nSPS) is 16.9. The predicted octanol–water partition coefficient (Wildman–Crippen LogP) is -3.20. The largest absolute Gasteiger partial charge is 0.463 e. The highest BCUT2D eigenvalue weighted by Crippen LogP contribution is 2.02. The lowest BCUT2D eigenvalue weighted by Gasteiger charge is -2.19. The summed E-state index contributed by atoms with van der Waals surface area (Å²) in [5, 5.41) is 35.2. The number of carbonyl (C=O) groups excluding carboxylic acids is 2. The van der Waals surface area contributed by atoms with E-state index in [1.165, 1.54) is 0 Å². The first kappa shape index (κ1) is 13.0. The Labute approximate surface area is 79.5 Å². The summed E-state index contributed by atoms with van der Waals surface area (Å²) in [5.74, 6) is -2.71. The van der Waals surface area contributed by atoms with Crippen LogP contribution in [0.25, 0.3) is 0 Å². The van der Waals surface area contributed by atoms with Crippen LogP contribution >= 0.6 is 0 Å². The number of hydrogen-bond donors (Lipinski definition) is 4. The average molecular weight is 208 g/mol. The summed E-state index contributed by atoms with van der Waals surface area (Å²) < 4.78 is 3.99. The second kappa shape index (κ2) is 5.66. The molecule has 0 aliphatic carbocycles. The van der Waals surface area contributed by atoms with Gasteiger partial charge in [0.05, 0.1) is 13.7 Å². The summed E-state index contributed by atoms with van der Waals surface area (Å²) in [6, 6.07) is 0. The molecule has 0 bridgehead atoms. The number of hydrogen-bond acceptors (Lipinski definition) is 7. The zero-order valence-corrected chi connectivity index (χ0v) is 7.45. The van der Waals surface area contributed by atoms with E-state index in [-0.39, 0.29) is 0 Å². The maximum Gasteiger partial charge on any atom is 0.377 e. The minimum atomic E-state index is -2.11. The van der Waals surface area contributed by atoms with Gasteiger partial charge in [-0.05, 0) is 0 Å². The molecule has 0 amide bonds. The molecule has 0 heterocycles. The monoisotopic (exact) mass is 208 g/mol. The third-order valence-corrected chi connectivity index (χ3v) is 1.56. The Morgan fingerprint density at radius 2 is 1.79 bits per heavy atom. The Balaban J connectivity index is 4.38. The van der Waals surface area contributed by atoms with Crippen molar-refractivity contribution in [1.82, 2.24) is 0 Å². The fourth-order valence-corrected chi connectivity index (χ4v) is 0.695. The molecule has 0 aliphatic rings. The first-order valence-electron chi connectivity index (χ1n) is 3.73. The molecular weight excluding hydrogens is 196 g/mol. The number of aliphatic hydroxyl groups is 4. The lowest BCUT2D eigenvalue weighted by Crippen LogP contribution is -2.46. The van der Waals surface area contributed by atoms with Gasteiger partial charge in [-0.25, -0.2) is 4.79 Å². The summed E-state index contributed by atoms with van der Waals surface area (Å²) >= 11 is 0. The van der Waals surface area contributed by atoms with Gasteiger partial charge < -0.3 is 25.2 Å². The molecule has 0 aromatic heterocycles. The van der Waals surface area contributed by atoms with Gasteiger partial charge in [0.25, 0.3) is 5.78 Å². The summed E-state index contributed by atoms with van der Waals surface area (Å²) in [6.07, 6.45) is -5.73. The lowest BCUT2D eigenvalue weighted by molar-refractivity contribution is -0.161. The van der Waals surface area contributed by atoms with Crippen LogP contribution in [0, 0.1) is 0 Å². The summed E-state index contributed by atoms with van der Waals surface area (Å²) in [7, 11) is 0.932. The number of ether oxygens (including phenoxy) is 1. The highest BCUT2D eigenvalue weighted by atomic mass is 16.5. The van der Waals surface area contributed by atoms with E-state index in [0.29, 0.717) is 0 Å². The van der Waals surface area contributed by atoms with Crippen molar-refractivity contribution in [2.45, 2.75) is 18.3 Å². The molecule has 3 atom stereocenters. The number of esters is 1. The number of rotatable bonds is 5. The number of aliphatic hydroxyl groups excluding tert-OH is 4. The van der Waals surface area contributed by atoms with Crippen molar-refractivity contribution in [2.24, 2.45) is 0 Å². The molecule has 7 nitrogen and oxygen atoms in total. The van der Waals surface area contributed by atoms with Crippen LogP contribution in [0.1, 0.15) is 0 Å². The van der Waals surface area contributed by atoms with E-state index >= 15 is 0 Å². The number of carbonyl (C=O) groups is 2. The summed E-state index contributed by atoms with van der Waals surface area (Å²) in [4.78, 5) is 21.4. The van der Waals surface area contributed by atoms with Gasteiger partial charge in [-0.2, -0.15) is 0 Å². The first-order chi connectivity index (χ1) is 6.45. The van der Waals surface area contributed by atoms with Crippen LogP contribution in [0.4, 0.5) is 0 Å². The molecule has 4 N–H and O–H groups in total. The first-order valence-corrected chi connectivity index (χ1v) is 3.73. The number of methoxy groups -OCH3 is 1. The van der Waals surface area contributed by atoms with Crippen molar-refractivity contribution < 1.29 is 34.8 Å². The average Bonchev–Trinajstić information content (AvgIpc) is 2.23. The van der Waals surface area contributed by atoms with Crippen molar-refractivity contribution in [1.29, 1.82) is 0 Å². The summed E-state index contributed by atoms with van der Waals surface area (Å²) in [6.45, 7) is -0.841. The van der Waals surface area contributed by atoms with E-state index in [1.54, 1.807) is 0 Å². The van der Waals surface area contributed by atoms with Gasteiger partial charge in [-0.15, -0.1) is 0 Å². The molecule has 0 radical (unpaired) electrons. The van der Waals surface area contributed by atoms with Crippen LogP contribution < -0.4 is 0 Å². The van der Waals surface area contributed by atoms with Crippen LogP contribution in [0.2, 0.25) is 0 Å². The van der Waals surface area contributed by atoms with Crippen LogP contribution in [0.5, 0.6) is 0 Å². The Morgan fingerprint density at radius 3 is 2.14 bits per heavy atom. The van der Waals surface area contributed by atoms with E-state index in [9.17, 15) is 9.59 Å². The topological polar surface area (TPSA) is 124 Å². The van der Waals surface area contributed by atoms with Gasteiger partial charge in [0, 0.05) is 0 Å². The number of ketones is 1. The molecule has 0 aromatic rings. The van der Waals surface area contributed by atoms with Gasteiger partial charge in [-0.3, -0.25) is 4.79 Å². The molecule has 0 aromatic carbocycles. The fourth-order valence-electron chi connectivity index (χ4n) is 0.695. The zero-order valence-electron chi connectivity index (χ0n) is 7.45. The van der Waals surface area contributed by atoms with Crippen LogP contribution in [0.3, 0.4) is 0 Å². The molecule has 0 rings (SSSR count). The Hall–Kier alpha value is -1.02. The van der Waals surface area contributed by atoms with E-state index in [0.717, 1.165) is 7.11 Å². The molecule has 0 saturated carbocycles. The van der Waals surface area contributed by atoms with E-state index in [4.69, 9.17) is 20.4 Å². The predicted molar refractivity (Wildman–Crippen MR) is 42.1 cm³/mol. The van der Waals surface area contributed by atoms with Crippen molar-refractivity contribution in [2.75, 3.05) is 13.7 Å². The Bertz CT molecular complexity index is 214. The Kier molecular flexibility index (Phi) is 5.24. The van der Waals surface area contributed by atoms with Crippen molar-refractivity contribution in [3.8, 4) is 0 Å². The van der Waals surface area contributed by atoms with Crippen LogP contribution in [-0.2, 0) is 14.3 Å². The minimum Gasteiger partial charge on any atom is -0.463 e. The lowest BCUT2D eigenvalue weighted by atomic mass is 10.1. The van der Waals surface area contributed by atoms with E-state index < -0.39 is 36.7 Å². The van der Waals surface area contributed by atoms with Gasteiger partial charge in [0.2, 0.25) is 0 Å². The van der Waals surface area contributed by atoms with Gasteiger partial charge >= 0.3 is 5.97 Å². The third kappa shape index (κ3) is 3.04. The highest BCUT2D eigenvalue weighted by Gasteiger charge is 2.34. The standard InChI is InChI=1S/C7H12O7/c1-14-7(13)6(12)5(11)4(10)3(9)2-8/h3-5,8-11H,2H2,1H3/t3-,4-,5+/m1/s1. The van der Waals surface area contributed by atoms with E-state index in [2.05, 4.69) is 4.74 Å².